The summed E-state index contributed by atoms with van der Waals surface area (Å²) in [6.45, 7) is 1.93. The van der Waals surface area contributed by atoms with E-state index in [4.69, 9.17) is 4.74 Å². The van der Waals surface area contributed by atoms with Gasteiger partial charge in [0.2, 0.25) is 17.7 Å². The van der Waals surface area contributed by atoms with Gasteiger partial charge in [-0.1, -0.05) is 24.3 Å². The second-order valence-corrected chi connectivity index (χ2v) is 6.44. The number of nitrogens with zero attached hydrogens (tertiary/aromatic N) is 1. The molecule has 0 spiro atoms. The van der Waals surface area contributed by atoms with Crippen LogP contribution in [0.25, 0.3) is 0 Å². The van der Waals surface area contributed by atoms with Crippen molar-refractivity contribution < 1.29 is 19.1 Å². The van der Waals surface area contributed by atoms with Crippen molar-refractivity contribution in [1.82, 2.24) is 10.2 Å². The highest BCUT2D eigenvalue weighted by atomic mass is 16.5. The van der Waals surface area contributed by atoms with Crippen LogP contribution in [0.1, 0.15) is 25.3 Å². The van der Waals surface area contributed by atoms with Crippen LogP contribution in [0.5, 0.6) is 5.75 Å². The number of carbonyl (C=O) groups excluding carboxylic acids is 3. The number of ether oxygens (including phenoxy) is 1. The molecule has 1 aliphatic carbocycles. The van der Waals surface area contributed by atoms with Crippen molar-refractivity contribution in [3.05, 3.63) is 42.0 Å². The number of hydrogen-bond donors (Lipinski definition) is 1. The molecule has 3 amide bonds. The molecule has 2 aliphatic rings. The lowest BCUT2D eigenvalue weighted by Crippen LogP contribution is -2.48. The fraction of sp³-hybridized carbons (Fsp3) is 0.421. The summed E-state index contributed by atoms with van der Waals surface area (Å²) >= 11 is 0. The van der Waals surface area contributed by atoms with E-state index in [0.29, 0.717) is 19.4 Å². The van der Waals surface area contributed by atoms with Gasteiger partial charge in [-0.25, -0.2) is 0 Å². The van der Waals surface area contributed by atoms with E-state index < -0.39 is 6.04 Å². The third kappa shape index (κ3) is 3.29. The number of hydrogen-bond acceptors (Lipinski definition) is 4. The van der Waals surface area contributed by atoms with E-state index in [0.717, 1.165) is 16.2 Å². The molecule has 1 aliphatic heterocycles. The van der Waals surface area contributed by atoms with Gasteiger partial charge in [0.25, 0.3) is 0 Å². The normalized spacial score (nSPS) is 23.4. The molecule has 1 saturated heterocycles. The quantitative estimate of drug-likeness (QED) is 0.652. The molecule has 0 saturated carbocycles. The number of likely N-dealkylation sites (tertiary alicyclic amines) is 1. The summed E-state index contributed by atoms with van der Waals surface area (Å²) in [7, 11) is 1.59. The first kappa shape index (κ1) is 17.2. The largest absolute Gasteiger partial charge is 0.497 e. The summed E-state index contributed by atoms with van der Waals surface area (Å²) in [5.41, 5.74) is 0.915. The van der Waals surface area contributed by atoms with Gasteiger partial charge >= 0.3 is 0 Å². The molecule has 6 heteroatoms. The zero-order valence-corrected chi connectivity index (χ0v) is 14.4. The van der Waals surface area contributed by atoms with Crippen molar-refractivity contribution in [1.29, 1.82) is 0 Å². The molecule has 6 nitrogen and oxygen atoms in total. The highest BCUT2D eigenvalue weighted by Gasteiger charge is 2.49. The number of amides is 3. The second-order valence-electron chi connectivity index (χ2n) is 6.44. The number of nitrogens with one attached hydrogen (secondary N) is 1. The lowest BCUT2D eigenvalue weighted by atomic mass is 9.85. The molecule has 0 radical (unpaired) electrons. The topological polar surface area (TPSA) is 75.7 Å². The molecule has 1 heterocycles. The number of fused-ring (bicyclic) bond motifs is 1. The van der Waals surface area contributed by atoms with Crippen molar-refractivity contribution in [3.63, 3.8) is 0 Å². The Labute approximate surface area is 146 Å². The maximum Gasteiger partial charge on any atom is 0.243 e. The molecule has 1 aromatic carbocycles. The zero-order valence-electron chi connectivity index (χ0n) is 14.4. The molecule has 132 valence electrons. The molecule has 1 N–H and O–H groups in total. The van der Waals surface area contributed by atoms with Crippen molar-refractivity contribution in [2.45, 2.75) is 32.4 Å². The molecule has 0 bridgehead atoms. The Bertz CT molecular complexity index is 685. The average Bonchev–Trinajstić information content (AvgIpc) is 2.90. The number of imide groups is 1. The Morgan fingerprint density at radius 2 is 1.72 bits per heavy atom. The number of allylic oxidation sites excluding steroid dienone is 2. The highest BCUT2D eigenvalue weighted by Crippen LogP contribution is 2.36. The molecular weight excluding hydrogens is 320 g/mol. The number of rotatable bonds is 5. The number of carbonyl (C=O) groups is 3. The Hall–Kier alpha value is -2.63. The average molecular weight is 342 g/mol. The van der Waals surface area contributed by atoms with E-state index in [2.05, 4.69) is 5.32 Å². The minimum absolute atomic E-state index is 0.230. The van der Waals surface area contributed by atoms with Crippen molar-refractivity contribution in [2.75, 3.05) is 7.11 Å². The third-order valence-corrected chi connectivity index (χ3v) is 4.93. The van der Waals surface area contributed by atoms with Crippen LogP contribution in [0.15, 0.2) is 36.4 Å². The predicted molar refractivity (Wildman–Crippen MR) is 91.5 cm³/mol. The van der Waals surface area contributed by atoms with Crippen LogP contribution >= 0.6 is 0 Å². The summed E-state index contributed by atoms with van der Waals surface area (Å²) < 4.78 is 5.10. The minimum atomic E-state index is -0.802. The summed E-state index contributed by atoms with van der Waals surface area (Å²) in [6.07, 6.45) is 5.02. The van der Waals surface area contributed by atoms with Crippen LogP contribution in [-0.4, -0.2) is 35.8 Å². The maximum atomic E-state index is 12.5. The fourth-order valence-corrected chi connectivity index (χ4v) is 3.41. The number of benzene rings is 1. The summed E-state index contributed by atoms with van der Waals surface area (Å²) in [6, 6.07) is 6.54. The Morgan fingerprint density at radius 1 is 1.16 bits per heavy atom. The summed E-state index contributed by atoms with van der Waals surface area (Å²) in [5.74, 6) is -0.668. The van der Waals surface area contributed by atoms with Gasteiger partial charge in [-0.05, 0) is 37.5 Å². The first-order chi connectivity index (χ1) is 12.0. The fourth-order valence-electron chi connectivity index (χ4n) is 3.41. The van der Waals surface area contributed by atoms with Crippen LogP contribution in [0.3, 0.4) is 0 Å². The second kappa shape index (κ2) is 7.09. The molecule has 3 rings (SSSR count). The first-order valence-corrected chi connectivity index (χ1v) is 8.45. The van der Waals surface area contributed by atoms with Gasteiger partial charge in [0, 0.05) is 6.54 Å². The van der Waals surface area contributed by atoms with E-state index >= 15 is 0 Å². The Balaban J connectivity index is 1.62. The molecule has 1 aromatic rings. The predicted octanol–water partition coefficient (Wildman–Crippen LogP) is 1.65. The SMILES string of the molecule is COc1ccc(CNC(=O)[C@H](C)N2C(=O)[C@H]3CC=CC[C@H]3C2=O)cc1. The van der Waals surface area contributed by atoms with E-state index in [9.17, 15) is 14.4 Å². The molecule has 0 aromatic heterocycles. The monoisotopic (exact) mass is 342 g/mol. The first-order valence-electron chi connectivity index (χ1n) is 8.45. The molecular formula is C19H22N2O4. The lowest BCUT2D eigenvalue weighted by Gasteiger charge is -2.22. The highest BCUT2D eigenvalue weighted by molar-refractivity contribution is 6.08. The van der Waals surface area contributed by atoms with Gasteiger partial charge in [0.15, 0.2) is 0 Å². The number of methoxy groups -OCH3 is 1. The van der Waals surface area contributed by atoms with Gasteiger partial charge in [-0.15, -0.1) is 0 Å². The molecule has 1 fully saturated rings. The van der Waals surface area contributed by atoms with Gasteiger partial charge in [0.05, 0.1) is 18.9 Å². The Morgan fingerprint density at radius 3 is 2.24 bits per heavy atom. The van der Waals surface area contributed by atoms with E-state index in [1.807, 2.05) is 36.4 Å². The van der Waals surface area contributed by atoms with Crippen LogP contribution in [0, 0.1) is 11.8 Å². The standard InChI is InChI=1S/C19H22N2O4/c1-12(17(22)20-11-13-7-9-14(25-2)10-8-13)21-18(23)15-5-3-4-6-16(15)19(21)24/h3-4,7-10,12,15-16H,5-6,11H2,1-2H3,(H,20,22)/t12-,15-,16+/m0/s1. The maximum absolute atomic E-state index is 12.5. The van der Waals surface area contributed by atoms with Crippen LogP contribution in [0.2, 0.25) is 0 Å². The van der Waals surface area contributed by atoms with Gasteiger partial charge in [-0.3, -0.25) is 19.3 Å². The van der Waals surface area contributed by atoms with E-state index in [-0.39, 0.29) is 29.6 Å². The minimum Gasteiger partial charge on any atom is -0.497 e. The van der Waals surface area contributed by atoms with Crippen LogP contribution < -0.4 is 10.1 Å². The van der Waals surface area contributed by atoms with Crippen molar-refractivity contribution >= 4 is 17.7 Å². The van der Waals surface area contributed by atoms with Crippen LogP contribution in [0.4, 0.5) is 0 Å². The zero-order chi connectivity index (χ0) is 18.0. The lowest BCUT2D eigenvalue weighted by molar-refractivity contribution is -0.147. The van der Waals surface area contributed by atoms with E-state index in [1.54, 1.807) is 14.0 Å². The van der Waals surface area contributed by atoms with Gasteiger partial charge < -0.3 is 10.1 Å². The van der Waals surface area contributed by atoms with E-state index in [1.165, 1.54) is 0 Å². The molecule has 25 heavy (non-hydrogen) atoms. The van der Waals surface area contributed by atoms with Gasteiger partial charge in [-0.2, -0.15) is 0 Å². The van der Waals surface area contributed by atoms with Crippen LogP contribution in [-0.2, 0) is 20.9 Å². The third-order valence-electron chi connectivity index (χ3n) is 4.93. The van der Waals surface area contributed by atoms with Gasteiger partial charge in [0.1, 0.15) is 11.8 Å². The molecule has 3 atom stereocenters. The summed E-state index contributed by atoms with van der Waals surface area (Å²) in [5, 5.41) is 2.79. The summed E-state index contributed by atoms with van der Waals surface area (Å²) in [4.78, 5) is 38.6. The Kier molecular flexibility index (Phi) is 4.88. The molecule has 0 unspecified atom stereocenters. The van der Waals surface area contributed by atoms with Crippen molar-refractivity contribution in [3.8, 4) is 5.75 Å². The smallest absolute Gasteiger partial charge is 0.243 e. The van der Waals surface area contributed by atoms with Crippen molar-refractivity contribution in [2.24, 2.45) is 11.8 Å².